The first-order valence-electron chi connectivity index (χ1n) is 6.14. The number of hydrogen-bond donors (Lipinski definition) is 2. The van der Waals surface area contributed by atoms with Crippen molar-refractivity contribution in [3.05, 3.63) is 60.7 Å². The van der Waals surface area contributed by atoms with Crippen LogP contribution in [0.25, 0.3) is 0 Å². The van der Waals surface area contributed by atoms with E-state index < -0.39 is 8.00 Å². The van der Waals surface area contributed by atoms with Crippen LogP contribution in [0, 0.1) is 0 Å². The van der Waals surface area contributed by atoms with Crippen molar-refractivity contribution in [1.29, 1.82) is 0 Å². The molecule has 2 unspecified atom stereocenters. The van der Waals surface area contributed by atoms with E-state index in [9.17, 15) is 0 Å². The number of nitrogens with zero attached hydrogens (tertiary/aromatic N) is 2. The predicted octanol–water partition coefficient (Wildman–Crippen LogP) is 4.31. The zero-order chi connectivity index (χ0) is 14.3. The second kappa shape index (κ2) is 7.35. The van der Waals surface area contributed by atoms with Gasteiger partial charge in [0.1, 0.15) is 5.75 Å². The van der Waals surface area contributed by atoms with E-state index in [0.717, 1.165) is 20.0 Å². The van der Waals surface area contributed by atoms with Gasteiger partial charge in [-0.05, 0) is 24.3 Å². The van der Waals surface area contributed by atoms with E-state index in [4.69, 9.17) is 9.68 Å². The lowest BCUT2D eigenvalue weighted by atomic mass is 10.3. The van der Waals surface area contributed by atoms with Gasteiger partial charge in [-0.1, -0.05) is 45.9 Å². The van der Waals surface area contributed by atoms with Gasteiger partial charge in [-0.25, -0.2) is 0 Å². The van der Waals surface area contributed by atoms with Gasteiger partial charge in [-0.15, -0.1) is 0 Å². The minimum absolute atomic E-state index is 0.323. The lowest BCUT2D eigenvalue weighted by Crippen LogP contribution is -2.09. The van der Waals surface area contributed by atoms with Crippen LogP contribution in [-0.2, 0) is 0 Å². The highest BCUT2D eigenvalue weighted by molar-refractivity contribution is 7.54. The third kappa shape index (κ3) is 4.13. The molecule has 0 aliphatic carbocycles. The second-order valence-electron chi connectivity index (χ2n) is 3.89. The Morgan fingerprint density at radius 3 is 2.43 bits per heavy atom. The van der Waals surface area contributed by atoms with Gasteiger partial charge in [0.15, 0.2) is 22.3 Å². The Morgan fingerprint density at radius 1 is 1.05 bits per heavy atom. The molecule has 2 aromatic carbocycles. The third-order valence-electron chi connectivity index (χ3n) is 2.42. The molecule has 3 aromatic rings. The number of benzene rings is 2. The Balaban J connectivity index is 1.73. The first-order chi connectivity index (χ1) is 10.4. The van der Waals surface area contributed by atoms with E-state index in [-0.39, 0.29) is 0 Å². The number of aromatic amines is 1. The van der Waals surface area contributed by atoms with Crippen LogP contribution in [0.2, 0.25) is 0 Å². The van der Waals surface area contributed by atoms with Gasteiger partial charge in [-0.3, -0.25) is 4.51 Å². The Kier molecular flexibility index (Phi) is 4.99. The van der Waals surface area contributed by atoms with Crippen LogP contribution in [0.3, 0.4) is 0 Å². The van der Waals surface area contributed by atoms with Gasteiger partial charge in [0.2, 0.25) is 0 Å². The average molecular weight is 338 g/mol. The van der Waals surface area contributed by atoms with Gasteiger partial charge >= 0.3 is 0 Å². The predicted molar refractivity (Wildman–Crippen MR) is 87.8 cm³/mol. The van der Waals surface area contributed by atoms with E-state index in [1.54, 1.807) is 4.26 Å². The zero-order valence-electron chi connectivity index (χ0n) is 10.9. The molecule has 1 aromatic heterocycles. The molecule has 1 heterocycles. The fourth-order valence-electron chi connectivity index (χ4n) is 1.49. The smallest absolute Gasteiger partial charge is 0.184 e. The Morgan fingerprint density at radius 2 is 1.71 bits per heavy atom. The van der Waals surface area contributed by atoms with Gasteiger partial charge < -0.3 is 9.68 Å². The van der Waals surface area contributed by atoms with Crippen LogP contribution in [0.15, 0.2) is 60.7 Å². The maximum atomic E-state index is 5.81. The van der Waals surface area contributed by atoms with Crippen molar-refractivity contribution in [2.75, 3.05) is 5.25 Å². The van der Waals surface area contributed by atoms with E-state index >= 15 is 0 Å². The van der Waals surface area contributed by atoms with E-state index in [0.29, 0.717) is 8.51 Å². The molecule has 2 atom stereocenters. The van der Waals surface area contributed by atoms with E-state index in [1.165, 1.54) is 0 Å². The number of hydrogen-bond acceptors (Lipinski definition) is 4. The quantitative estimate of drug-likeness (QED) is 0.681. The third-order valence-corrected chi connectivity index (χ3v) is 6.13. The number of nitrogens with one attached hydrogen (secondary N) is 2. The molecule has 108 valence electrons. The van der Waals surface area contributed by atoms with Crippen LogP contribution < -0.4 is 14.9 Å². The number of H-pyrrole nitrogens is 1. The van der Waals surface area contributed by atoms with Crippen LogP contribution in [0.4, 0.5) is 0 Å². The number of para-hydroxylation sites is 2. The van der Waals surface area contributed by atoms with Crippen molar-refractivity contribution in [1.82, 2.24) is 13.3 Å². The van der Waals surface area contributed by atoms with Crippen LogP contribution in [-0.4, -0.2) is 13.3 Å². The zero-order valence-corrected chi connectivity index (χ0v) is 13.7. The normalized spacial score (nSPS) is 11.7. The molecule has 0 aliphatic heterocycles. The molecule has 21 heavy (non-hydrogen) atoms. The summed E-state index contributed by atoms with van der Waals surface area (Å²) in [4.78, 5) is 11.4. The average Bonchev–Trinajstić information content (AvgIpc) is 2.56. The van der Waals surface area contributed by atoms with Gasteiger partial charge in [0, 0.05) is 8.51 Å². The molecule has 0 amide bonds. The molecule has 2 N–H and O–H groups in total. The molecule has 0 bridgehead atoms. The van der Waals surface area contributed by atoms with E-state index in [2.05, 4.69) is 14.3 Å². The van der Waals surface area contributed by atoms with Crippen molar-refractivity contribution in [3.8, 4) is 11.5 Å². The summed E-state index contributed by atoms with van der Waals surface area (Å²) >= 11 is 0. The van der Waals surface area contributed by atoms with Gasteiger partial charge in [0.25, 0.3) is 0 Å². The van der Waals surface area contributed by atoms with Crippen LogP contribution >= 0.6 is 25.0 Å². The summed E-state index contributed by atoms with van der Waals surface area (Å²) in [6.07, 6.45) is 0. The highest BCUT2D eigenvalue weighted by Gasteiger charge is 2.03. The maximum absolute atomic E-state index is 5.81. The molecule has 0 aliphatic rings. The summed E-state index contributed by atoms with van der Waals surface area (Å²) in [5, 5.41) is 3.00. The van der Waals surface area contributed by atoms with Crippen LogP contribution in [0.1, 0.15) is 0 Å². The number of aromatic nitrogens is 3. The summed E-state index contributed by atoms with van der Waals surface area (Å²) in [6.45, 7) is 0. The largest absolute Gasteiger partial charge is 0.398 e. The van der Waals surface area contributed by atoms with Crippen molar-refractivity contribution in [2.45, 2.75) is 0 Å². The van der Waals surface area contributed by atoms with Gasteiger partial charge in [0.05, 0.1) is 0 Å². The molecule has 0 fully saturated rings. The second-order valence-corrected chi connectivity index (χ2v) is 7.83. The SMILES string of the molecule is c1ccc(ONp2[nH][pH]npn2Oc2ccccc2)cc1. The number of rotatable bonds is 5. The lowest BCUT2D eigenvalue weighted by Gasteiger charge is -2.13. The summed E-state index contributed by atoms with van der Waals surface area (Å²) in [6, 6.07) is 19.2. The lowest BCUT2D eigenvalue weighted by molar-refractivity contribution is 0.272. The minimum atomic E-state index is -0.987. The van der Waals surface area contributed by atoms with Crippen molar-refractivity contribution < 1.29 is 9.68 Å². The standard InChI is InChI=1S/C12H13N4O2P3/c1-3-7-11(8-4-1)17-13-21-15-19-14-20-16(21)18-12-9-5-2-6-10-12/h1-10,13,15,19H. The summed E-state index contributed by atoms with van der Waals surface area (Å²) in [5.41, 5.74) is 0. The Labute approximate surface area is 126 Å². The highest BCUT2D eigenvalue weighted by Crippen LogP contribution is 2.27. The Bertz CT molecular complexity index is 703. The molecule has 9 heteroatoms. The van der Waals surface area contributed by atoms with Crippen LogP contribution in [0.5, 0.6) is 11.5 Å². The van der Waals surface area contributed by atoms with Gasteiger partial charge in [-0.2, -0.15) is 4.51 Å². The Hall–Kier alpha value is -1.70. The fourth-order valence-corrected chi connectivity index (χ4v) is 5.22. The van der Waals surface area contributed by atoms with E-state index in [1.807, 2.05) is 60.7 Å². The molecular formula is C12H13N4O2P3. The summed E-state index contributed by atoms with van der Waals surface area (Å²) in [5.74, 6) is 1.52. The molecule has 6 nitrogen and oxygen atoms in total. The first-order valence-corrected chi connectivity index (χ1v) is 9.18. The topological polar surface area (TPSA) is 64.1 Å². The fraction of sp³-hybridized carbons (Fsp3) is 0. The maximum Gasteiger partial charge on any atom is 0.184 e. The minimum Gasteiger partial charge on any atom is -0.398 e. The molecule has 0 saturated heterocycles. The molecule has 0 spiro atoms. The van der Waals surface area contributed by atoms with Crippen molar-refractivity contribution in [3.63, 3.8) is 0 Å². The summed E-state index contributed by atoms with van der Waals surface area (Å²) in [7, 11) is 0.0921. The van der Waals surface area contributed by atoms with Crippen molar-refractivity contribution in [2.24, 2.45) is 0 Å². The highest BCUT2D eigenvalue weighted by atomic mass is 31.2. The molecular weight excluding hydrogens is 325 g/mol. The molecule has 3 rings (SSSR count). The summed E-state index contributed by atoms with van der Waals surface area (Å²) < 4.78 is 9.24. The molecule has 0 radical (unpaired) electrons. The first kappa shape index (κ1) is 14.2. The molecule has 0 saturated carbocycles. The monoisotopic (exact) mass is 338 g/mol. The van der Waals surface area contributed by atoms with Crippen molar-refractivity contribution >= 4 is 25.0 Å².